The number of hydrogen-bond acceptors (Lipinski definition) is 3. The highest BCUT2D eigenvalue weighted by Gasteiger charge is 2.16. The van der Waals surface area contributed by atoms with Gasteiger partial charge in [-0.05, 0) is 30.0 Å². The highest BCUT2D eigenvalue weighted by molar-refractivity contribution is 6.11. The standard InChI is InChI=1S/C19H19N3O2/c1-3-12(2)13-8-6-7-11-16(13)20-19(24)17-14-9-4-5-10-15(14)18(23)22-21-17/h4-12H,3H2,1-2H3,(H,20,24)(H,22,23)/t12-/m0/s1. The molecule has 0 aliphatic rings. The number of nitrogens with one attached hydrogen (secondary N) is 2. The van der Waals surface area contributed by atoms with E-state index in [1.165, 1.54) is 0 Å². The third-order valence-electron chi connectivity index (χ3n) is 4.26. The van der Waals surface area contributed by atoms with Gasteiger partial charge in [0.2, 0.25) is 0 Å². The third-order valence-corrected chi connectivity index (χ3v) is 4.26. The first kappa shape index (κ1) is 15.9. The molecule has 0 unspecified atom stereocenters. The van der Waals surface area contributed by atoms with Crippen LogP contribution in [0.2, 0.25) is 0 Å². The van der Waals surface area contributed by atoms with Gasteiger partial charge >= 0.3 is 0 Å². The summed E-state index contributed by atoms with van der Waals surface area (Å²) in [5.74, 6) is -0.0000123. The van der Waals surface area contributed by atoms with E-state index in [4.69, 9.17) is 0 Å². The highest BCUT2D eigenvalue weighted by atomic mass is 16.2. The topological polar surface area (TPSA) is 74.8 Å². The minimum absolute atomic E-state index is 0.212. The molecule has 0 radical (unpaired) electrons. The number of H-pyrrole nitrogens is 1. The zero-order chi connectivity index (χ0) is 17.1. The molecule has 0 spiro atoms. The molecule has 1 atom stereocenters. The van der Waals surface area contributed by atoms with Crippen LogP contribution >= 0.6 is 0 Å². The maximum absolute atomic E-state index is 12.7. The van der Waals surface area contributed by atoms with Crippen LogP contribution in [0.1, 0.15) is 42.2 Å². The van der Waals surface area contributed by atoms with Crippen molar-refractivity contribution in [3.63, 3.8) is 0 Å². The van der Waals surface area contributed by atoms with Gasteiger partial charge in [-0.3, -0.25) is 9.59 Å². The predicted molar refractivity (Wildman–Crippen MR) is 95.5 cm³/mol. The van der Waals surface area contributed by atoms with Crippen molar-refractivity contribution in [3.05, 3.63) is 70.1 Å². The summed E-state index contributed by atoms with van der Waals surface area (Å²) in [6.07, 6.45) is 0.979. The smallest absolute Gasteiger partial charge is 0.276 e. The van der Waals surface area contributed by atoms with Crippen LogP contribution in [0.25, 0.3) is 10.8 Å². The Labute approximate surface area is 139 Å². The summed E-state index contributed by atoms with van der Waals surface area (Å²) >= 11 is 0. The first-order valence-corrected chi connectivity index (χ1v) is 7.99. The number of aromatic nitrogens is 2. The normalized spacial score (nSPS) is 12.1. The van der Waals surface area contributed by atoms with Crippen LogP contribution < -0.4 is 10.9 Å². The summed E-state index contributed by atoms with van der Waals surface area (Å²) in [7, 11) is 0. The van der Waals surface area contributed by atoms with Gasteiger partial charge in [0, 0.05) is 11.1 Å². The lowest BCUT2D eigenvalue weighted by atomic mass is 9.97. The number of fused-ring (bicyclic) bond motifs is 1. The minimum Gasteiger partial charge on any atom is -0.320 e. The predicted octanol–water partition coefficient (Wildman–Crippen LogP) is 3.69. The van der Waals surface area contributed by atoms with E-state index in [-0.39, 0.29) is 17.2 Å². The van der Waals surface area contributed by atoms with Gasteiger partial charge in [-0.25, -0.2) is 5.10 Å². The van der Waals surface area contributed by atoms with Gasteiger partial charge in [0.1, 0.15) is 0 Å². The van der Waals surface area contributed by atoms with Crippen LogP contribution in [0.5, 0.6) is 0 Å². The number of rotatable bonds is 4. The summed E-state index contributed by atoms with van der Waals surface area (Å²) in [6.45, 7) is 4.24. The number of carbonyl (C=O) groups is 1. The molecule has 24 heavy (non-hydrogen) atoms. The van der Waals surface area contributed by atoms with E-state index < -0.39 is 0 Å². The lowest BCUT2D eigenvalue weighted by molar-refractivity contribution is 0.102. The lowest BCUT2D eigenvalue weighted by Gasteiger charge is -2.15. The molecule has 1 aromatic heterocycles. The Morgan fingerprint density at radius 2 is 1.79 bits per heavy atom. The zero-order valence-corrected chi connectivity index (χ0v) is 13.7. The largest absolute Gasteiger partial charge is 0.320 e. The molecule has 5 heteroatoms. The average molecular weight is 321 g/mol. The van der Waals surface area contributed by atoms with Crippen molar-refractivity contribution in [3.8, 4) is 0 Å². The van der Waals surface area contributed by atoms with Crippen LogP contribution in [0.4, 0.5) is 5.69 Å². The first-order valence-electron chi connectivity index (χ1n) is 7.99. The summed E-state index contributed by atoms with van der Waals surface area (Å²) in [5, 5.41) is 10.3. The Balaban J connectivity index is 2.01. The molecule has 0 fully saturated rings. The monoisotopic (exact) mass is 321 g/mol. The summed E-state index contributed by atoms with van der Waals surface area (Å²) in [4.78, 5) is 24.6. The molecule has 0 saturated carbocycles. The second-order valence-electron chi connectivity index (χ2n) is 5.80. The van der Waals surface area contributed by atoms with E-state index >= 15 is 0 Å². The van der Waals surface area contributed by atoms with E-state index in [1.807, 2.05) is 24.3 Å². The van der Waals surface area contributed by atoms with Gasteiger partial charge in [0.25, 0.3) is 11.5 Å². The molecular weight excluding hydrogens is 302 g/mol. The Morgan fingerprint density at radius 3 is 2.54 bits per heavy atom. The van der Waals surface area contributed by atoms with Crippen LogP contribution in [-0.2, 0) is 0 Å². The minimum atomic E-state index is -0.335. The lowest BCUT2D eigenvalue weighted by Crippen LogP contribution is -2.20. The van der Waals surface area contributed by atoms with Crippen molar-refractivity contribution in [1.29, 1.82) is 0 Å². The average Bonchev–Trinajstić information content (AvgIpc) is 2.62. The van der Waals surface area contributed by atoms with Crippen molar-refractivity contribution in [2.75, 3.05) is 5.32 Å². The number of aromatic amines is 1. The maximum atomic E-state index is 12.7. The van der Waals surface area contributed by atoms with Gasteiger partial charge in [0.15, 0.2) is 5.69 Å². The van der Waals surface area contributed by atoms with Gasteiger partial charge in [-0.15, -0.1) is 0 Å². The molecule has 3 aromatic rings. The van der Waals surface area contributed by atoms with Crippen LogP contribution in [0, 0.1) is 0 Å². The summed E-state index contributed by atoms with van der Waals surface area (Å²) in [5.41, 5.74) is 1.77. The molecule has 122 valence electrons. The molecule has 5 nitrogen and oxygen atoms in total. The van der Waals surface area contributed by atoms with E-state index in [0.29, 0.717) is 16.7 Å². The number of anilines is 1. The number of amides is 1. The van der Waals surface area contributed by atoms with Crippen LogP contribution in [0.15, 0.2) is 53.3 Å². The molecule has 0 saturated heterocycles. The quantitative estimate of drug-likeness (QED) is 0.769. The first-order chi connectivity index (χ1) is 11.6. The van der Waals surface area contributed by atoms with Crippen molar-refractivity contribution in [2.45, 2.75) is 26.2 Å². The van der Waals surface area contributed by atoms with Crippen molar-refractivity contribution < 1.29 is 4.79 Å². The molecule has 1 heterocycles. The van der Waals surface area contributed by atoms with Crippen molar-refractivity contribution in [2.24, 2.45) is 0 Å². The van der Waals surface area contributed by atoms with Gasteiger partial charge in [-0.1, -0.05) is 50.2 Å². The Kier molecular flexibility index (Phi) is 4.42. The molecule has 0 aliphatic carbocycles. The van der Waals surface area contributed by atoms with Crippen LogP contribution in [0.3, 0.4) is 0 Å². The zero-order valence-electron chi connectivity index (χ0n) is 13.7. The second-order valence-corrected chi connectivity index (χ2v) is 5.80. The fourth-order valence-corrected chi connectivity index (χ4v) is 2.73. The van der Waals surface area contributed by atoms with E-state index in [2.05, 4.69) is 29.4 Å². The number of nitrogens with zero attached hydrogens (tertiary/aromatic N) is 1. The Hall–Kier alpha value is -2.95. The molecule has 1 amide bonds. The molecule has 3 rings (SSSR count). The highest BCUT2D eigenvalue weighted by Crippen LogP contribution is 2.27. The maximum Gasteiger partial charge on any atom is 0.276 e. The SMILES string of the molecule is CC[C@H](C)c1ccccc1NC(=O)c1n[nH]c(=O)c2ccccc12. The molecule has 2 aromatic carbocycles. The Bertz CT molecular complexity index is 946. The van der Waals surface area contributed by atoms with E-state index in [0.717, 1.165) is 17.7 Å². The van der Waals surface area contributed by atoms with Gasteiger partial charge in [0.05, 0.1) is 5.39 Å². The van der Waals surface area contributed by atoms with E-state index in [1.54, 1.807) is 24.3 Å². The van der Waals surface area contributed by atoms with Crippen molar-refractivity contribution >= 4 is 22.4 Å². The fourth-order valence-electron chi connectivity index (χ4n) is 2.73. The molecule has 0 bridgehead atoms. The molecular formula is C19H19N3O2. The number of hydrogen-bond donors (Lipinski definition) is 2. The van der Waals surface area contributed by atoms with Gasteiger partial charge in [-0.2, -0.15) is 5.10 Å². The second kappa shape index (κ2) is 6.66. The molecule has 2 N–H and O–H groups in total. The summed E-state index contributed by atoms with van der Waals surface area (Å²) < 4.78 is 0. The van der Waals surface area contributed by atoms with Crippen LogP contribution in [-0.4, -0.2) is 16.1 Å². The number of carbonyl (C=O) groups excluding carboxylic acids is 1. The van der Waals surface area contributed by atoms with E-state index in [9.17, 15) is 9.59 Å². The molecule has 0 aliphatic heterocycles. The number of benzene rings is 2. The Morgan fingerprint density at radius 1 is 1.12 bits per heavy atom. The summed E-state index contributed by atoms with van der Waals surface area (Å²) in [6, 6.07) is 14.7. The van der Waals surface area contributed by atoms with Gasteiger partial charge < -0.3 is 5.32 Å². The number of para-hydroxylation sites is 1. The third kappa shape index (κ3) is 2.93. The van der Waals surface area contributed by atoms with Crippen molar-refractivity contribution in [1.82, 2.24) is 10.2 Å². The fraction of sp³-hybridized carbons (Fsp3) is 0.211.